The van der Waals surface area contributed by atoms with E-state index in [2.05, 4.69) is 10.6 Å². The molecule has 33 heavy (non-hydrogen) atoms. The number of nitrogens with zero attached hydrogens (tertiary/aromatic N) is 1. The Morgan fingerprint density at radius 2 is 1.85 bits per heavy atom. The van der Waals surface area contributed by atoms with Gasteiger partial charge in [-0.2, -0.15) is 0 Å². The van der Waals surface area contributed by atoms with Crippen LogP contribution in [-0.4, -0.2) is 47.2 Å². The van der Waals surface area contributed by atoms with Crippen LogP contribution in [0.25, 0.3) is 0 Å². The van der Waals surface area contributed by atoms with E-state index in [1.54, 1.807) is 19.2 Å². The lowest BCUT2D eigenvalue weighted by Crippen LogP contribution is -2.38. The molecular formula is C22H26FN3O6S. The molecule has 2 amide bonds. The molecule has 1 saturated carbocycles. The average Bonchev–Trinajstić information content (AvgIpc) is 3.62. The molecule has 2 aromatic carbocycles. The van der Waals surface area contributed by atoms with E-state index in [1.165, 1.54) is 29.4 Å². The number of anilines is 2. The van der Waals surface area contributed by atoms with Gasteiger partial charge in [0.15, 0.2) is 0 Å². The number of nitrogens with one attached hydrogen (secondary N) is 2. The Kier molecular flexibility index (Phi) is 7.75. The van der Waals surface area contributed by atoms with Crippen molar-refractivity contribution in [3.63, 3.8) is 0 Å². The zero-order valence-electron chi connectivity index (χ0n) is 18.3. The van der Waals surface area contributed by atoms with E-state index in [0.717, 1.165) is 25.0 Å². The van der Waals surface area contributed by atoms with Crippen molar-refractivity contribution in [1.82, 2.24) is 5.32 Å². The molecule has 178 valence electrons. The first-order chi connectivity index (χ1) is 15.7. The lowest BCUT2D eigenvalue weighted by molar-refractivity contribution is -0.118. The Labute approximate surface area is 191 Å². The molecule has 1 aliphatic heterocycles. The molecule has 0 radical (unpaired) electrons. The number of halogens is 1. The Morgan fingerprint density at radius 3 is 2.45 bits per heavy atom. The molecule has 2 aromatic rings. The van der Waals surface area contributed by atoms with Crippen molar-refractivity contribution in [2.24, 2.45) is 5.92 Å². The lowest BCUT2D eigenvalue weighted by Gasteiger charge is -2.30. The molecule has 2 aliphatic rings. The molecule has 0 saturated heterocycles. The van der Waals surface area contributed by atoms with Crippen LogP contribution in [0.15, 0.2) is 47.4 Å². The van der Waals surface area contributed by atoms with Crippen LogP contribution < -0.4 is 19.7 Å². The summed E-state index contributed by atoms with van der Waals surface area (Å²) in [6.07, 6.45) is 1.55. The normalized spacial score (nSPS) is 14.7. The quantitative estimate of drug-likeness (QED) is 0.681. The van der Waals surface area contributed by atoms with Gasteiger partial charge in [0.1, 0.15) is 18.2 Å². The summed E-state index contributed by atoms with van der Waals surface area (Å²) in [6, 6.07) is 9.37. The van der Waals surface area contributed by atoms with E-state index < -0.39 is 21.9 Å². The van der Waals surface area contributed by atoms with Gasteiger partial charge < -0.3 is 14.8 Å². The second-order valence-electron chi connectivity index (χ2n) is 7.54. The zero-order chi connectivity index (χ0) is 24.0. The Bertz CT molecular complexity index is 1100. The number of sulfonamides is 1. The minimum Gasteiger partial charge on any atom is -0.489 e. The summed E-state index contributed by atoms with van der Waals surface area (Å²) in [7, 11) is -2.31. The maximum Gasteiger partial charge on any atom is 0.411 e. The van der Waals surface area contributed by atoms with Crippen molar-refractivity contribution in [1.29, 1.82) is 0 Å². The van der Waals surface area contributed by atoms with Crippen LogP contribution in [0.3, 0.4) is 0 Å². The van der Waals surface area contributed by atoms with Crippen molar-refractivity contribution in [2.75, 3.05) is 36.4 Å². The van der Waals surface area contributed by atoms with E-state index in [9.17, 15) is 22.4 Å². The molecular weight excluding hydrogens is 453 g/mol. The highest BCUT2D eigenvalue weighted by atomic mass is 32.2. The number of hydrogen-bond acceptors (Lipinski definition) is 6. The predicted molar refractivity (Wildman–Crippen MR) is 120 cm³/mol. The summed E-state index contributed by atoms with van der Waals surface area (Å²) >= 11 is 0. The number of carbonyl (C=O) groups excluding carboxylic acids is 2. The van der Waals surface area contributed by atoms with Gasteiger partial charge in [-0.25, -0.2) is 17.6 Å². The highest BCUT2D eigenvalue weighted by Gasteiger charge is 2.30. The second kappa shape index (κ2) is 10.5. The largest absolute Gasteiger partial charge is 0.489 e. The number of fused-ring (bicyclic) bond motifs is 1. The second-order valence-corrected chi connectivity index (χ2v) is 9.40. The SMILES string of the molecule is CNC(C)=O.O=C(Nc1ccc2c(c1)N(S(=O)(=O)c1ccc(F)cc1)CCO2)OCC1CC1. The number of ether oxygens (including phenoxy) is 2. The van der Waals surface area contributed by atoms with Crippen LogP contribution in [-0.2, 0) is 19.6 Å². The van der Waals surface area contributed by atoms with Gasteiger partial charge in [0.05, 0.1) is 23.7 Å². The monoisotopic (exact) mass is 479 g/mol. The van der Waals surface area contributed by atoms with Crippen LogP contribution in [0, 0.1) is 11.7 Å². The first kappa shape index (κ1) is 24.3. The number of hydrogen-bond donors (Lipinski definition) is 2. The molecule has 2 N–H and O–H groups in total. The number of amides is 2. The average molecular weight is 480 g/mol. The summed E-state index contributed by atoms with van der Waals surface area (Å²) in [5, 5.41) is 5.00. The topological polar surface area (TPSA) is 114 Å². The molecule has 0 aromatic heterocycles. The van der Waals surface area contributed by atoms with Crippen LogP contribution in [0.1, 0.15) is 19.8 Å². The number of benzene rings is 2. The highest BCUT2D eigenvalue weighted by molar-refractivity contribution is 7.92. The Morgan fingerprint density at radius 1 is 1.18 bits per heavy atom. The first-order valence-electron chi connectivity index (χ1n) is 10.4. The van der Waals surface area contributed by atoms with Gasteiger partial charge in [0, 0.05) is 19.7 Å². The number of carbonyl (C=O) groups is 2. The van der Waals surface area contributed by atoms with Crippen molar-refractivity contribution in [3.05, 3.63) is 48.3 Å². The summed E-state index contributed by atoms with van der Waals surface area (Å²) in [4.78, 5) is 21.6. The smallest absolute Gasteiger partial charge is 0.411 e. The van der Waals surface area contributed by atoms with Crippen LogP contribution in [0.4, 0.5) is 20.6 Å². The van der Waals surface area contributed by atoms with Crippen molar-refractivity contribution >= 4 is 33.4 Å². The summed E-state index contributed by atoms with van der Waals surface area (Å²) < 4.78 is 51.1. The Hall–Kier alpha value is -3.34. The zero-order valence-corrected chi connectivity index (χ0v) is 19.2. The molecule has 1 heterocycles. The van der Waals surface area contributed by atoms with Crippen LogP contribution in [0.5, 0.6) is 5.75 Å². The van der Waals surface area contributed by atoms with Crippen LogP contribution in [0.2, 0.25) is 0 Å². The fraction of sp³-hybridized carbons (Fsp3) is 0.364. The van der Waals surface area contributed by atoms with Crippen LogP contribution >= 0.6 is 0 Å². The predicted octanol–water partition coefficient (Wildman–Crippen LogP) is 3.12. The molecule has 9 nitrogen and oxygen atoms in total. The summed E-state index contributed by atoms with van der Waals surface area (Å²) in [6.45, 7) is 2.14. The van der Waals surface area contributed by atoms with Gasteiger partial charge in [-0.3, -0.25) is 14.4 Å². The molecule has 1 fully saturated rings. The molecule has 0 atom stereocenters. The molecule has 0 bridgehead atoms. The van der Waals surface area contributed by atoms with Crippen molar-refractivity contribution < 1.29 is 31.9 Å². The molecule has 1 aliphatic carbocycles. The summed E-state index contributed by atoms with van der Waals surface area (Å²) in [5.74, 6) is 0.315. The summed E-state index contributed by atoms with van der Waals surface area (Å²) in [5.41, 5.74) is 0.694. The highest BCUT2D eigenvalue weighted by Crippen LogP contribution is 2.37. The molecule has 0 unspecified atom stereocenters. The van der Waals surface area contributed by atoms with Crippen molar-refractivity contribution in [2.45, 2.75) is 24.7 Å². The third-order valence-electron chi connectivity index (χ3n) is 4.93. The van der Waals surface area contributed by atoms with Crippen molar-refractivity contribution in [3.8, 4) is 5.75 Å². The van der Waals surface area contributed by atoms with E-state index in [4.69, 9.17) is 9.47 Å². The van der Waals surface area contributed by atoms with E-state index in [1.807, 2.05) is 0 Å². The third-order valence-corrected chi connectivity index (χ3v) is 6.75. The molecule has 11 heteroatoms. The van der Waals surface area contributed by atoms with Gasteiger partial charge in [0.2, 0.25) is 5.91 Å². The standard InChI is InChI=1S/C19H19FN2O5S.C3H7NO/c20-14-3-6-16(7-4-14)28(24,25)22-9-10-26-18-8-5-15(11-17(18)22)21-19(23)27-12-13-1-2-13;1-3(5)4-2/h3-8,11,13H,1-2,9-10,12H2,(H,21,23);1-2H3,(H,4,5). The van der Waals surface area contributed by atoms with Gasteiger partial charge in [-0.1, -0.05) is 0 Å². The minimum atomic E-state index is -3.91. The molecule has 0 spiro atoms. The van der Waals surface area contributed by atoms with Gasteiger partial charge in [-0.05, 0) is 61.2 Å². The fourth-order valence-electron chi connectivity index (χ4n) is 2.89. The number of rotatable bonds is 5. The third kappa shape index (κ3) is 6.58. The Balaban J connectivity index is 0.000000555. The first-order valence-corrected chi connectivity index (χ1v) is 11.8. The maximum atomic E-state index is 13.2. The van der Waals surface area contributed by atoms with E-state index in [0.29, 0.717) is 29.6 Å². The van der Waals surface area contributed by atoms with Gasteiger partial charge in [0.25, 0.3) is 10.0 Å². The van der Waals surface area contributed by atoms with Gasteiger partial charge in [-0.15, -0.1) is 0 Å². The lowest BCUT2D eigenvalue weighted by atomic mass is 10.2. The minimum absolute atomic E-state index is 0.00463. The van der Waals surface area contributed by atoms with Gasteiger partial charge >= 0.3 is 6.09 Å². The maximum absolute atomic E-state index is 13.2. The fourth-order valence-corrected chi connectivity index (χ4v) is 4.34. The van der Waals surface area contributed by atoms with E-state index >= 15 is 0 Å². The molecule has 4 rings (SSSR count). The van der Waals surface area contributed by atoms with E-state index in [-0.39, 0.29) is 24.0 Å².